The van der Waals surface area contributed by atoms with Crippen LogP contribution in [0.1, 0.15) is 44.9 Å². The Kier molecular flexibility index (Phi) is 7.33. The van der Waals surface area contributed by atoms with E-state index in [-0.39, 0.29) is 11.5 Å². The molecule has 0 radical (unpaired) electrons. The van der Waals surface area contributed by atoms with Gasteiger partial charge in [-0.1, -0.05) is 59.9 Å². The maximum Gasteiger partial charge on any atom is 0.271 e. The predicted molar refractivity (Wildman–Crippen MR) is 170 cm³/mol. The van der Waals surface area contributed by atoms with E-state index in [0.717, 1.165) is 39.3 Å². The Balaban J connectivity index is 1.67. The molecule has 1 atom stereocenters. The Morgan fingerprint density at radius 1 is 1.02 bits per heavy atom. The Bertz CT molecular complexity index is 2060. The van der Waals surface area contributed by atoms with Gasteiger partial charge in [0, 0.05) is 47.9 Å². The van der Waals surface area contributed by atoms with Gasteiger partial charge in [0.1, 0.15) is 11.8 Å². The number of rotatable bonds is 7. The third-order valence-corrected chi connectivity index (χ3v) is 9.16. The van der Waals surface area contributed by atoms with Crippen molar-refractivity contribution in [3.8, 4) is 5.75 Å². The normalized spacial score (nSPS) is 15.3. The lowest BCUT2D eigenvalue weighted by Crippen LogP contribution is -2.43. The van der Waals surface area contributed by atoms with Crippen molar-refractivity contribution in [2.75, 3.05) is 20.2 Å². The first-order chi connectivity index (χ1) is 20.4. The fourth-order valence-electron chi connectivity index (χ4n) is 6.08. The number of nitrogens with zero attached hydrogens (tertiary/aromatic N) is 4. The molecule has 8 heteroatoms. The number of ether oxygens (including phenoxy) is 1. The van der Waals surface area contributed by atoms with Gasteiger partial charge in [0.25, 0.3) is 11.5 Å². The Hall–Kier alpha value is -4.43. The van der Waals surface area contributed by atoms with Crippen molar-refractivity contribution in [2.24, 2.45) is 4.99 Å². The first kappa shape index (κ1) is 27.7. The molecule has 0 spiro atoms. The fourth-order valence-corrected chi connectivity index (χ4v) is 7.12. The quantitative estimate of drug-likeness (QED) is 0.265. The number of methoxy groups -OCH3 is 1. The van der Waals surface area contributed by atoms with Gasteiger partial charge in [-0.15, -0.1) is 0 Å². The lowest BCUT2D eigenvalue weighted by molar-refractivity contribution is -0.127. The van der Waals surface area contributed by atoms with Crippen LogP contribution in [0, 0.1) is 0 Å². The molecule has 0 aliphatic carbocycles. The minimum atomic E-state index is -0.700. The third-order valence-electron chi connectivity index (χ3n) is 8.17. The van der Waals surface area contributed by atoms with Crippen LogP contribution in [0.5, 0.6) is 5.75 Å². The second-order valence-corrected chi connectivity index (χ2v) is 11.4. The maximum atomic E-state index is 14.4. The van der Waals surface area contributed by atoms with Crippen LogP contribution in [-0.4, -0.2) is 40.1 Å². The number of carbonyl (C=O) groups is 1. The third kappa shape index (κ3) is 4.38. The largest absolute Gasteiger partial charge is 0.496 e. The molecule has 0 saturated heterocycles. The molecule has 3 aromatic carbocycles. The van der Waals surface area contributed by atoms with Crippen molar-refractivity contribution >= 4 is 45.0 Å². The number of hydrogen-bond donors (Lipinski definition) is 0. The number of carbonyl (C=O) groups excluding carboxylic acids is 1. The predicted octanol–water partition coefficient (Wildman–Crippen LogP) is 5.24. The second kappa shape index (κ2) is 11.1. The number of likely N-dealkylation sites (N-methyl/N-ethyl adjacent to an activating group) is 1. The highest BCUT2D eigenvalue weighted by Crippen LogP contribution is 2.40. The van der Waals surface area contributed by atoms with Crippen molar-refractivity contribution in [2.45, 2.75) is 40.3 Å². The minimum absolute atomic E-state index is 0.124. The molecule has 0 saturated carbocycles. The summed E-state index contributed by atoms with van der Waals surface area (Å²) in [5.41, 5.74) is 3.82. The van der Waals surface area contributed by atoms with Gasteiger partial charge in [-0.3, -0.25) is 14.2 Å². The van der Waals surface area contributed by atoms with E-state index in [2.05, 4.69) is 29.8 Å². The maximum absolute atomic E-state index is 14.4. The standard InChI is InChI=1S/C34H34N4O3S/c1-6-36(7-2)33(40)29-21(4)35-34-38(31(29)30-25-15-10-9-13-22(25)17-18-27(30)41-5)32(39)28(42-34)19-23-20-37(8-3)26-16-12-11-14-24(23)26/h9-20,31H,6-8H2,1-5H3/b28-19+/t31-/m0/s1. The van der Waals surface area contributed by atoms with E-state index in [1.165, 1.54) is 11.3 Å². The number of allylic oxidation sites excluding steroid dienone is 1. The molecule has 2 aromatic heterocycles. The highest BCUT2D eigenvalue weighted by molar-refractivity contribution is 7.07. The van der Waals surface area contributed by atoms with E-state index in [0.29, 0.717) is 39.4 Å². The van der Waals surface area contributed by atoms with Gasteiger partial charge in [0.05, 0.1) is 22.9 Å². The van der Waals surface area contributed by atoms with Crippen LogP contribution in [0.2, 0.25) is 0 Å². The van der Waals surface area contributed by atoms with Crippen LogP contribution in [0.15, 0.2) is 87.9 Å². The van der Waals surface area contributed by atoms with Gasteiger partial charge in [-0.05, 0) is 56.7 Å². The molecular formula is C34H34N4O3S. The van der Waals surface area contributed by atoms with Gasteiger partial charge >= 0.3 is 0 Å². The molecule has 5 aromatic rings. The summed E-state index contributed by atoms with van der Waals surface area (Å²) in [4.78, 5) is 35.8. The average molecular weight is 579 g/mol. The van der Waals surface area contributed by atoms with Crippen molar-refractivity contribution in [1.29, 1.82) is 0 Å². The number of aryl methyl sites for hydroxylation is 1. The molecule has 42 heavy (non-hydrogen) atoms. The monoisotopic (exact) mass is 578 g/mol. The first-order valence-electron chi connectivity index (χ1n) is 14.4. The van der Waals surface area contributed by atoms with Gasteiger partial charge in [-0.25, -0.2) is 4.99 Å². The summed E-state index contributed by atoms with van der Waals surface area (Å²) in [5, 5.41) is 3.03. The van der Waals surface area contributed by atoms with Crippen LogP contribution >= 0.6 is 11.3 Å². The van der Waals surface area contributed by atoms with Crippen LogP contribution in [0.4, 0.5) is 0 Å². The zero-order valence-electron chi connectivity index (χ0n) is 24.5. The van der Waals surface area contributed by atoms with Gasteiger partial charge in [0.2, 0.25) is 0 Å². The summed E-state index contributed by atoms with van der Waals surface area (Å²) in [6.45, 7) is 9.84. The Morgan fingerprint density at radius 3 is 2.45 bits per heavy atom. The van der Waals surface area contributed by atoms with E-state index in [1.807, 2.05) is 75.4 Å². The molecule has 0 bridgehead atoms. The number of hydrogen-bond acceptors (Lipinski definition) is 5. The van der Waals surface area contributed by atoms with Gasteiger partial charge in [0.15, 0.2) is 4.80 Å². The summed E-state index contributed by atoms with van der Waals surface area (Å²) in [7, 11) is 1.63. The zero-order chi connectivity index (χ0) is 29.5. The molecule has 7 nitrogen and oxygen atoms in total. The number of benzene rings is 3. The van der Waals surface area contributed by atoms with E-state index in [9.17, 15) is 9.59 Å². The summed E-state index contributed by atoms with van der Waals surface area (Å²) in [6.07, 6.45) is 4.05. The molecule has 0 fully saturated rings. The van der Waals surface area contributed by atoms with Gasteiger partial charge < -0.3 is 14.2 Å². The second-order valence-electron chi connectivity index (χ2n) is 10.3. The van der Waals surface area contributed by atoms with Crippen LogP contribution in [0.3, 0.4) is 0 Å². The Morgan fingerprint density at radius 2 is 1.74 bits per heavy atom. The first-order valence-corrected chi connectivity index (χ1v) is 15.2. The summed E-state index contributed by atoms with van der Waals surface area (Å²) >= 11 is 1.36. The molecule has 1 amide bonds. The molecule has 1 aliphatic rings. The summed E-state index contributed by atoms with van der Waals surface area (Å²) in [6, 6.07) is 19.5. The number of amides is 1. The molecule has 214 valence electrons. The molecule has 0 N–H and O–H groups in total. The molecule has 1 aliphatic heterocycles. The van der Waals surface area contributed by atoms with Crippen LogP contribution < -0.4 is 19.6 Å². The summed E-state index contributed by atoms with van der Waals surface area (Å²) < 4.78 is 10.4. The van der Waals surface area contributed by atoms with Crippen molar-refractivity contribution in [3.05, 3.63) is 109 Å². The Labute approximate surface area is 248 Å². The molecular weight excluding hydrogens is 544 g/mol. The lowest BCUT2D eigenvalue weighted by Gasteiger charge is -2.30. The summed E-state index contributed by atoms with van der Waals surface area (Å²) in [5.74, 6) is 0.500. The number of fused-ring (bicyclic) bond motifs is 3. The number of thiazole rings is 1. The topological polar surface area (TPSA) is 68.8 Å². The molecule has 0 unspecified atom stereocenters. The van der Waals surface area contributed by atoms with Crippen LogP contribution in [-0.2, 0) is 11.3 Å². The van der Waals surface area contributed by atoms with Crippen molar-refractivity contribution in [3.63, 3.8) is 0 Å². The SMILES string of the molecule is CCN(CC)C(=O)C1=C(C)N=c2s/c(=C/c3cn(CC)c4ccccc34)c(=O)n2[C@@H]1c1c(OC)ccc2ccccc12. The van der Waals surface area contributed by atoms with E-state index in [4.69, 9.17) is 9.73 Å². The fraction of sp³-hybridized carbons (Fsp3) is 0.265. The molecule has 3 heterocycles. The molecule has 6 rings (SSSR count). The van der Waals surface area contributed by atoms with Gasteiger partial charge in [-0.2, -0.15) is 0 Å². The highest BCUT2D eigenvalue weighted by atomic mass is 32.1. The highest BCUT2D eigenvalue weighted by Gasteiger charge is 2.36. The van der Waals surface area contributed by atoms with E-state index < -0.39 is 6.04 Å². The minimum Gasteiger partial charge on any atom is -0.496 e. The average Bonchev–Trinajstić information content (AvgIpc) is 3.52. The lowest BCUT2D eigenvalue weighted by atomic mass is 9.90. The number of para-hydroxylation sites is 1. The zero-order valence-corrected chi connectivity index (χ0v) is 25.4. The number of aromatic nitrogens is 2. The van der Waals surface area contributed by atoms with E-state index >= 15 is 0 Å². The van der Waals surface area contributed by atoms with E-state index in [1.54, 1.807) is 16.6 Å². The van der Waals surface area contributed by atoms with Crippen molar-refractivity contribution < 1.29 is 9.53 Å². The van der Waals surface area contributed by atoms with Crippen molar-refractivity contribution in [1.82, 2.24) is 14.0 Å². The van der Waals surface area contributed by atoms with Crippen LogP contribution in [0.25, 0.3) is 27.8 Å². The smallest absolute Gasteiger partial charge is 0.271 e.